The van der Waals surface area contributed by atoms with Gasteiger partial charge in [0.15, 0.2) is 0 Å². The van der Waals surface area contributed by atoms with E-state index in [4.69, 9.17) is 0 Å². The van der Waals surface area contributed by atoms with Crippen LogP contribution in [0.1, 0.15) is 29.5 Å². The summed E-state index contributed by atoms with van der Waals surface area (Å²) in [4.78, 5) is 0. The zero-order valence-electron chi connectivity index (χ0n) is 10.4. The molecule has 1 aliphatic rings. The predicted molar refractivity (Wildman–Crippen MR) is 65.4 cm³/mol. The molecule has 0 amide bonds. The number of hydrogen-bond donors (Lipinski definition) is 1. The summed E-state index contributed by atoms with van der Waals surface area (Å²) < 4.78 is 28.2. The van der Waals surface area contributed by atoms with Crippen molar-refractivity contribution in [1.82, 2.24) is 5.32 Å². The summed E-state index contributed by atoms with van der Waals surface area (Å²) in [5, 5.41) is 3.13. The molecule has 1 saturated heterocycles. The lowest BCUT2D eigenvalue weighted by Crippen LogP contribution is -2.20. The Morgan fingerprint density at radius 2 is 2.06 bits per heavy atom. The van der Waals surface area contributed by atoms with E-state index in [2.05, 4.69) is 5.32 Å². The first-order valence-corrected chi connectivity index (χ1v) is 6.15. The van der Waals surface area contributed by atoms with Gasteiger partial charge in [-0.2, -0.15) is 0 Å². The molecule has 1 nitrogen and oxygen atoms in total. The normalized spacial score (nSPS) is 20.8. The molecule has 1 fully saturated rings. The van der Waals surface area contributed by atoms with Crippen molar-refractivity contribution in [1.29, 1.82) is 0 Å². The SMILES string of the molecule is Cc1ccc(C(F)(F)CC2CCNC2)cc1C. The Bertz CT molecular complexity index is 395. The first kappa shape index (κ1) is 12.5. The van der Waals surface area contributed by atoms with Gasteiger partial charge < -0.3 is 5.32 Å². The van der Waals surface area contributed by atoms with Crippen LogP contribution in [0.15, 0.2) is 18.2 Å². The van der Waals surface area contributed by atoms with Crippen LogP contribution >= 0.6 is 0 Å². The van der Waals surface area contributed by atoms with Crippen LogP contribution in [0.3, 0.4) is 0 Å². The third-order valence-corrected chi connectivity index (χ3v) is 3.64. The average molecular weight is 239 g/mol. The van der Waals surface area contributed by atoms with E-state index in [1.165, 1.54) is 0 Å². The summed E-state index contributed by atoms with van der Waals surface area (Å²) in [5.41, 5.74) is 2.16. The van der Waals surface area contributed by atoms with Crippen LogP contribution < -0.4 is 5.32 Å². The maximum Gasteiger partial charge on any atom is 0.273 e. The molecule has 0 aliphatic carbocycles. The van der Waals surface area contributed by atoms with Crippen molar-refractivity contribution in [2.24, 2.45) is 5.92 Å². The molecular weight excluding hydrogens is 220 g/mol. The van der Waals surface area contributed by atoms with E-state index in [1.807, 2.05) is 13.8 Å². The second kappa shape index (κ2) is 4.73. The van der Waals surface area contributed by atoms with Gasteiger partial charge in [-0.1, -0.05) is 12.1 Å². The van der Waals surface area contributed by atoms with E-state index in [1.54, 1.807) is 18.2 Å². The first-order valence-electron chi connectivity index (χ1n) is 6.15. The number of rotatable bonds is 3. The standard InChI is InChI=1S/C14H19F2N/c1-10-3-4-13(7-11(10)2)14(15,16)8-12-5-6-17-9-12/h3-4,7,12,17H,5-6,8-9H2,1-2H3. The molecule has 1 unspecified atom stereocenters. The summed E-state index contributed by atoms with van der Waals surface area (Å²) in [6, 6.07) is 4.97. The van der Waals surface area contributed by atoms with Gasteiger partial charge >= 0.3 is 0 Å². The van der Waals surface area contributed by atoms with Gasteiger partial charge in [-0.25, -0.2) is 8.78 Å². The minimum absolute atomic E-state index is 0.0392. The van der Waals surface area contributed by atoms with Gasteiger partial charge in [-0.15, -0.1) is 0 Å². The zero-order valence-corrected chi connectivity index (χ0v) is 10.4. The maximum absolute atomic E-state index is 14.1. The minimum Gasteiger partial charge on any atom is -0.316 e. The van der Waals surface area contributed by atoms with E-state index in [0.29, 0.717) is 0 Å². The van der Waals surface area contributed by atoms with E-state index in [-0.39, 0.29) is 17.9 Å². The molecule has 0 spiro atoms. The molecule has 17 heavy (non-hydrogen) atoms. The highest BCUT2D eigenvalue weighted by molar-refractivity contribution is 5.32. The van der Waals surface area contributed by atoms with E-state index < -0.39 is 5.92 Å². The molecule has 0 bridgehead atoms. The van der Waals surface area contributed by atoms with Crippen molar-refractivity contribution in [2.75, 3.05) is 13.1 Å². The van der Waals surface area contributed by atoms with Gasteiger partial charge in [0, 0.05) is 12.0 Å². The molecule has 1 N–H and O–H groups in total. The average Bonchev–Trinajstić information content (AvgIpc) is 2.73. The van der Waals surface area contributed by atoms with Crippen LogP contribution in [0.5, 0.6) is 0 Å². The third kappa shape index (κ3) is 2.83. The van der Waals surface area contributed by atoms with Gasteiger partial charge in [0.05, 0.1) is 0 Å². The topological polar surface area (TPSA) is 12.0 Å². The van der Waals surface area contributed by atoms with Gasteiger partial charge in [-0.3, -0.25) is 0 Å². The molecule has 1 aromatic rings. The minimum atomic E-state index is -2.70. The Kier molecular flexibility index (Phi) is 3.48. The maximum atomic E-state index is 14.1. The van der Waals surface area contributed by atoms with E-state index in [0.717, 1.165) is 30.6 Å². The lowest BCUT2D eigenvalue weighted by molar-refractivity contribution is -0.0268. The van der Waals surface area contributed by atoms with Crippen LogP contribution in [-0.2, 0) is 5.92 Å². The van der Waals surface area contributed by atoms with Crippen molar-refractivity contribution in [3.8, 4) is 0 Å². The zero-order chi connectivity index (χ0) is 12.5. The van der Waals surface area contributed by atoms with Crippen LogP contribution in [0.4, 0.5) is 8.78 Å². The van der Waals surface area contributed by atoms with Gasteiger partial charge in [0.2, 0.25) is 0 Å². The van der Waals surface area contributed by atoms with E-state index in [9.17, 15) is 8.78 Å². The van der Waals surface area contributed by atoms with Crippen molar-refractivity contribution in [3.63, 3.8) is 0 Å². The Balaban J connectivity index is 2.14. The monoisotopic (exact) mass is 239 g/mol. The highest BCUT2D eigenvalue weighted by Gasteiger charge is 2.35. The number of aryl methyl sites for hydroxylation is 2. The molecule has 2 rings (SSSR count). The first-order chi connectivity index (χ1) is 7.99. The highest BCUT2D eigenvalue weighted by Crippen LogP contribution is 2.36. The number of hydrogen-bond acceptors (Lipinski definition) is 1. The number of halogens is 2. The van der Waals surface area contributed by atoms with Crippen LogP contribution in [0, 0.1) is 19.8 Å². The fraction of sp³-hybridized carbons (Fsp3) is 0.571. The molecular formula is C14H19F2N. The summed E-state index contributed by atoms with van der Waals surface area (Å²) in [6.45, 7) is 5.41. The highest BCUT2D eigenvalue weighted by atomic mass is 19.3. The molecule has 94 valence electrons. The number of nitrogens with one attached hydrogen (secondary N) is 1. The fourth-order valence-electron chi connectivity index (χ4n) is 2.34. The predicted octanol–water partition coefficient (Wildman–Crippen LogP) is 3.39. The summed E-state index contributed by atoms with van der Waals surface area (Å²) >= 11 is 0. The van der Waals surface area contributed by atoms with E-state index >= 15 is 0 Å². The van der Waals surface area contributed by atoms with Gasteiger partial charge in [0.25, 0.3) is 5.92 Å². The molecule has 0 radical (unpaired) electrons. The van der Waals surface area contributed by atoms with Crippen LogP contribution in [0.25, 0.3) is 0 Å². The Labute approximate surface area is 101 Å². The van der Waals surface area contributed by atoms with Crippen molar-refractivity contribution < 1.29 is 8.78 Å². The fourth-order valence-corrected chi connectivity index (χ4v) is 2.34. The Hall–Kier alpha value is -0.960. The van der Waals surface area contributed by atoms with Crippen molar-refractivity contribution in [2.45, 2.75) is 32.6 Å². The van der Waals surface area contributed by atoms with Crippen molar-refractivity contribution in [3.05, 3.63) is 34.9 Å². The van der Waals surface area contributed by atoms with Gasteiger partial charge in [0.1, 0.15) is 0 Å². The third-order valence-electron chi connectivity index (χ3n) is 3.64. The van der Waals surface area contributed by atoms with Crippen molar-refractivity contribution >= 4 is 0 Å². The molecule has 1 heterocycles. The summed E-state index contributed by atoms with van der Waals surface area (Å²) in [6.07, 6.45) is 0.822. The van der Waals surface area contributed by atoms with Crippen LogP contribution in [-0.4, -0.2) is 13.1 Å². The molecule has 0 saturated carbocycles. The molecule has 1 aromatic carbocycles. The second-order valence-electron chi connectivity index (χ2n) is 5.07. The largest absolute Gasteiger partial charge is 0.316 e. The Morgan fingerprint density at radius 3 is 2.65 bits per heavy atom. The molecule has 1 aliphatic heterocycles. The summed E-state index contributed by atoms with van der Waals surface area (Å²) in [7, 11) is 0. The quantitative estimate of drug-likeness (QED) is 0.852. The summed E-state index contributed by atoms with van der Waals surface area (Å²) in [5.74, 6) is -2.60. The van der Waals surface area contributed by atoms with Crippen LogP contribution in [0.2, 0.25) is 0 Å². The molecule has 1 atom stereocenters. The lowest BCUT2D eigenvalue weighted by Gasteiger charge is -2.21. The Morgan fingerprint density at radius 1 is 1.29 bits per heavy atom. The lowest BCUT2D eigenvalue weighted by atomic mass is 9.93. The molecule has 0 aromatic heterocycles. The second-order valence-corrected chi connectivity index (χ2v) is 5.07. The molecule has 3 heteroatoms. The number of alkyl halides is 2. The number of benzene rings is 1. The smallest absolute Gasteiger partial charge is 0.273 e. The van der Waals surface area contributed by atoms with Gasteiger partial charge in [-0.05, 0) is 56.5 Å².